The zero-order valence-corrected chi connectivity index (χ0v) is 11.1. The number of nitrogens with zero attached hydrogens (tertiary/aromatic N) is 2. The zero-order valence-electron chi connectivity index (χ0n) is 10.3. The Bertz CT molecular complexity index is 535. The van der Waals surface area contributed by atoms with Gasteiger partial charge in [-0.15, -0.1) is 11.3 Å². The minimum Gasteiger partial charge on any atom is -0.459 e. The van der Waals surface area contributed by atoms with Crippen LogP contribution in [0.2, 0.25) is 0 Å². The van der Waals surface area contributed by atoms with Crippen LogP contribution in [0.5, 0.6) is 0 Å². The average molecular weight is 264 g/mol. The van der Waals surface area contributed by atoms with Gasteiger partial charge in [-0.25, -0.2) is 4.98 Å². The first kappa shape index (κ1) is 11.9. The lowest BCUT2D eigenvalue weighted by Gasteiger charge is -2.12. The molecule has 0 spiro atoms. The Kier molecular flexibility index (Phi) is 3.20. The third-order valence-electron chi connectivity index (χ3n) is 3.13. The third kappa shape index (κ3) is 2.48. The third-order valence-corrected chi connectivity index (χ3v) is 4.13. The van der Waals surface area contributed by atoms with Gasteiger partial charge in [0.1, 0.15) is 5.76 Å². The van der Waals surface area contributed by atoms with Gasteiger partial charge in [-0.3, -0.25) is 4.90 Å². The zero-order chi connectivity index (χ0) is 12.5. The number of aryl methyl sites for hydroxylation is 1. The fraction of sp³-hybridized carbons (Fsp3) is 0.462. The number of hydrogen-bond donors (Lipinski definition) is 1. The molecule has 1 atom stereocenters. The normalized spacial score (nSPS) is 20.7. The molecule has 1 fully saturated rings. The summed E-state index contributed by atoms with van der Waals surface area (Å²) in [6.07, 6.45) is 2.62. The van der Waals surface area contributed by atoms with E-state index in [1.54, 1.807) is 11.3 Å². The second kappa shape index (κ2) is 4.84. The van der Waals surface area contributed by atoms with Gasteiger partial charge in [0.2, 0.25) is 0 Å². The van der Waals surface area contributed by atoms with Crippen LogP contribution in [0.1, 0.15) is 17.1 Å². The quantitative estimate of drug-likeness (QED) is 0.924. The average Bonchev–Trinajstić information content (AvgIpc) is 3.01. The molecule has 3 heterocycles. The summed E-state index contributed by atoms with van der Waals surface area (Å²) in [6, 6.07) is 3.91. The number of rotatable bonds is 3. The minimum atomic E-state index is -0.162. The molecule has 0 aliphatic carbocycles. The second-order valence-corrected chi connectivity index (χ2v) is 5.83. The molecule has 0 bridgehead atoms. The Labute approximate surface area is 110 Å². The van der Waals surface area contributed by atoms with Gasteiger partial charge in [-0.1, -0.05) is 0 Å². The van der Waals surface area contributed by atoms with E-state index in [-0.39, 0.29) is 6.10 Å². The van der Waals surface area contributed by atoms with Crippen molar-refractivity contribution in [2.45, 2.75) is 26.0 Å². The summed E-state index contributed by atoms with van der Waals surface area (Å²) in [5, 5.41) is 10.4. The minimum absolute atomic E-state index is 0.162. The summed E-state index contributed by atoms with van der Waals surface area (Å²) in [4.78, 5) is 7.87. The lowest BCUT2D eigenvalue weighted by atomic mass is 10.3. The highest BCUT2D eigenvalue weighted by molar-refractivity contribution is 7.14. The fourth-order valence-electron chi connectivity index (χ4n) is 2.22. The van der Waals surface area contributed by atoms with Crippen molar-refractivity contribution < 1.29 is 9.52 Å². The molecule has 5 heteroatoms. The van der Waals surface area contributed by atoms with Crippen molar-refractivity contribution >= 4 is 11.3 Å². The summed E-state index contributed by atoms with van der Waals surface area (Å²) >= 11 is 1.66. The van der Waals surface area contributed by atoms with Crippen molar-refractivity contribution in [3.63, 3.8) is 0 Å². The summed E-state index contributed by atoms with van der Waals surface area (Å²) < 4.78 is 5.56. The van der Waals surface area contributed by atoms with E-state index in [1.807, 2.05) is 25.3 Å². The number of aliphatic hydroxyl groups is 1. The molecule has 4 nitrogen and oxygen atoms in total. The molecule has 0 saturated carbocycles. The molecule has 3 rings (SSSR count). The number of furan rings is 1. The molecule has 0 aromatic carbocycles. The monoisotopic (exact) mass is 264 g/mol. The highest BCUT2D eigenvalue weighted by Gasteiger charge is 2.21. The van der Waals surface area contributed by atoms with Crippen LogP contribution < -0.4 is 0 Å². The maximum absolute atomic E-state index is 9.49. The van der Waals surface area contributed by atoms with Crippen LogP contribution >= 0.6 is 11.3 Å². The van der Waals surface area contributed by atoms with Crippen LogP contribution in [0.15, 0.2) is 22.7 Å². The summed E-state index contributed by atoms with van der Waals surface area (Å²) in [7, 11) is 0. The molecule has 18 heavy (non-hydrogen) atoms. The Hall–Kier alpha value is -1.17. The number of β-amino-alcohol motifs (C(OH)–C–C–N with tert-alkyl or cyclic N) is 1. The van der Waals surface area contributed by atoms with Crippen LogP contribution in [0, 0.1) is 6.92 Å². The molecule has 1 N–H and O–H groups in total. The van der Waals surface area contributed by atoms with Gasteiger partial charge < -0.3 is 9.52 Å². The predicted molar refractivity (Wildman–Crippen MR) is 70.5 cm³/mol. The summed E-state index contributed by atoms with van der Waals surface area (Å²) in [5.41, 5.74) is 0. The van der Waals surface area contributed by atoms with Crippen LogP contribution in [0.3, 0.4) is 0 Å². The molecule has 0 unspecified atom stereocenters. The van der Waals surface area contributed by atoms with Gasteiger partial charge in [-0.05, 0) is 25.5 Å². The van der Waals surface area contributed by atoms with Gasteiger partial charge in [-0.2, -0.15) is 0 Å². The number of hydrogen-bond acceptors (Lipinski definition) is 5. The molecular formula is C13H16N2O2S. The molecule has 2 aromatic heterocycles. The van der Waals surface area contributed by atoms with Crippen molar-refractivity contribution in [3.05, 3.63) is 29.0 Å². The molecule has 96 valence electrons. The molecule has 0 amide bonds. The Morgan fingerprint density at radius 1 is 1.56 bits per heavy atom. The van der Waals surface area contributed by atoms with E-state index in [1.165, 1.54) is 4.88 Å². The van der Waals surface area contributed by atoms with E-state index in [2.05, 4.69) is 9.88 Å². The maximum atomic E-state index is 9.49. The van der Waals surface area contributed by atoms with E-state index < -0.39 is 0 Å². The highest BCUT2D eigenvalue weighted by Crippen LogP contribution is 2.28. The van der Waals surface area contributed by atoms with E-state index in [9.17, 15) is 5.11 Å². The topological polar surface area (TPSA) is 49.5 Å². The maximum Gasteiger partial charge on any atom is 0.162 e. The van der Waals surface area contributed by atoms with Crippen LogP contribution in [-0.4, -0.2) is 34.2 Å². The molecule has 1 saturated heterocycles. The molecule has 1 aliphatic heterocycles. The lowest BCUT2D eigenvalue weighted by molar-refractivity contribution is 0.175. The largest absolute Gasteiger partial charge is 0.459 e. The molecule has 1 aliphatic rings. The number of aromatic nitrogens is 1. The van der Waals surface area contributed by atoms with Crippen molar-refractivity contribution in [3.8, 4) is 10.8 Å². The SMILES string of the molecule is Cc1ccc(-c2ncc(CN3CC[C@@H](O)C3)s2)o1. The Morgan fingerprint density at radius 2 is 2.44 bits per heavy atom. The fourth-order valence-corrected chi connectivity index (χ4v) is 3.14. The van der Waals surface area contributed by atoms with Crippen LogP contribution in [0.4, 0.5) is 0 Å². The van der Waals surface area contributed by atoms with Crippen LogP contribution in [-0.2, 0) is 6.54 Å². The van der Waals surface area contributed by atoms with Crippen LogP contribution in [0.25, 0.3) is 10.8 Å². The Balaban J connectivity index is 1.70. The van der Waals surface area contributed by atoms with Gasteiger partial charge in [0, 0.05) is 30.7 Å². The number of likely N-dealkylation sites (tertiary alicyclic amines) is 1. The van der Waals surface area contributed by atoms with Crippen molar-refractivity contribution in [1.29, 1.82) is 0 Å². The highest BCUT2D eigenvalue weighted by atomic mass is 32.1. The first-order valence-corrected chi connectivity index (χ1v) is 6.94. The van der Waals surface area contributed by atoms with Gasteiger partial charge >= 0.3 is 0 Å². The van der Waals surface area contributed by atoms with E-state index >= 15 is 0 Å². The lowest BCUT2D eigenvalue weighted by Crippen LogP contribution is -2.20. The van der Waals surface area contributed by atoms with Crippen molar-refractivity contribution in [2.75, 3.05) is 13.1 Å². The number of aliphatic hydroxyl groups excluding tert-OH is 1. The molecular weight excluding hydrogens is 248 g/mol. The number of thiazole rings is 1. The van der Waals surface area contributed by atoms with E-state index in [4.69, 9.17) is 4.42 Å². The van der Waals surface area contributed by atoms with Gasteiger partial charge in [0.25, 0.3) is 0 Å². The smallest absolute Gasteiger partial charge is 0.162 e. The van der Waals surface area contributed by atoms with Crippen molar-refractivity contribution in [2.24, 2.45) is 0 Å². The first-order valence-electron chi connectivity index (χ1n) is 6.12. The predicted octanol–water partition coefficient (Wildman–Crippen LogP) is 2.28. The van der Waals surface area contributed by atoms with Crippen molar-refractivity contribution in [1.82, 2.24) is 9.88 Å². The Morgan fingerprint density at radius 3 is 3.11 bits per heavy atom. The molecule has 2 aromatic rings. The standard InChI is InChI=1S/C13H16N2O2S/c1-9-2-3-12(17-9)13-14-6-11(18-13)8-15-5-4-10(16)7-15/h2-3,6,10,16H,4-5,7-8H2,1H3/t10-/m1/s1. The second-order valence-electron chi connectivity index (χ2n) is 4.72. The molecule has 0 radical (unpaired) electrons. The van der Waals surface area contributed by atoms with Gasteiger partial charge in [0.15, 0.2) is 10.8 Å². The first-order chi connectivity index (χ1) is 8.70. The summed E-state index contributed by atoms with van der Waals surface area (Å²) in [6.45, 7) is 4.54. The van der Waals surface area contributed by atoms with E-state index in [0.717, 1.165) is 42.6 Å². The van der Waals surface area contributed by atoms with E-state index in [0.29, 0.717) is 0 Å². The summed E-state index contributed by atoms with van der Waals surface area (Å²) in [5.74, 6) is 1.75. The van der Waals surface area contributed by atoms with Gasteiger partial charge in [0.05, 0.1) is 6.10 Å².